The van der Waals surface area contributed by atoms with Crippen LogP contribution in [-0.4, -0.2) is 15.6 Å². The SMILES string of the molecule is CC(C)n1ccc(CC(=O)CCCc2ccccc2)n1. The van der Waals surface area contributed by atoms with Crippen molar-refractivity contribution in [2.24, 2.45) is 0 Å². The molecule has 1 heterocycles. The number of benzene rings is 1. The normalized spacial score (nSPS) is 10.9. The van der Waals surface area contributed by atoms with Crippen molar-refractivity contribution in [1.82, 2.24) is 9.78 Å². The zero-order valence-corrected chi connectivity index (χ0v) is 12.2. The highest BCUT2D eigenvalue weighted by Gasteiger charge is 2.08. The number of Topliss-reactive ketones (excluding diaryl/α,β-unsaturated/α-hetero) is 1. The Morgan fingerprint density at radius 3 is 2.60 bits per heavy atom. The van der Waals surface area contributed by atoms with E-state index < -0.39 is 0 Å². The third kappa shape index (κ3) is 4.34. The first-order chi connectivity index (χ1) is 9.65. The molecule has 3 nitrogen and oxygen atoms in total. The fourth-order valence-corrected chi connectivity index (χ4v) is 2.18. The molecule has 0 atom stereocenters. The Hall–Kier alpha value is -1.90. The Morgan fingerprint density at radius 2 is 1.95 bits per heavy atom. The van der Waals surface area contributed by atoms with Gasteiger partial charge in [-0.25, -0.2) is 0 Å². The summed E-state index contributed by atoms with van der Waals surface area (Å²) in [5, 5.41) is 4.41. The van der Waals surface area contributed by atoms with Crippen LogP contribution in [0.25, 0.3) is 0 Å². The Morgan fingerprint density at radius 1 is 1.20 bits per heavy atom. The highest BCUT2D eigenvalue weighted by molar-refractivity contribution is 5.80. The van der Waals surface area contributed by atoms with Crippen LogP contribution >= 0.6 is 0 Å². The zero-order chi connectivity index (χ0) is 14.4. The van der Waals surface area contributed by atoms with Crippen molar-refractivity contribution in [2.75, 3.05) is 0 Å². The maximum absolute atomic E-state index is 11.9. The average molecular weight is 270 g/mol. The quantitative estimate of drug-likeness (QED) is 0.770. The second kappa shape index (κ2) is 7.04. The number of rotatable bonds is 7. The number of carbonyl (C=O) groups excluding carboxylic acids is 1. The molecule has 0 N–H and O–H groups in total. The van der Waals surface area contributed by atoms with Crippen LogP contribution in [0.3, 0.4) is 0 Å². The van der Waals surface area contributed by atoms with E-state index >= 15 is 0 Å². The maximum Gasteiger partial charge on any atom is 0.138 e. The van der Waals surface area contributed by atoms with E-state index in [0.717, 1.165) is 18.5 Å². The van der Waals surface area contributed by atoms with Crippen molar-refractivity contribution >= 4 is 5.78 Å². The lowest BCUT2D eigenvalue weighted by Gasteiger charge is -2.04. The molecule has 0 spiro atoms. The summed E-state index contributed by atoms with van der Waals surface area (Å²) in [6.07, 6.45) is 4.90. The second-order valence-corrected chi connectivity index (χ2v) is 5.44. The van der Waals surface area contributed by atoms with Gasteiger partial charge in [0.25, 0.3) is 0 Å². The van der Waals surface area contributed by atoms with Crippen molar-refractivity contribution in [3.05, 3.63) is 53.9 Å². The van der Waals surface area contributed by atoms with Gasteiger partial charge in [-0.15, -0.1) is 0 Å². The summed E-state index contributed by atoms with van der Waals surface area (Å²) in [7, 11) is 0. The molecule has 0 aliphatic carbocycles. The Labute approximate surface area is 120 Å². The van der Waals surface area contributed by atoms with Gasteiger partial charge in [0.15, 0.2) is 0 Å². The molecule has 1 aromatic carbocycles. The van der Waals surface area contributed by atoms with E-state index in [9.17, 15) is 4.79 Å². The summed E-state index contributed by atoms with van der Waals surface area (Å²) in [5.41, 5.74) is 2.17. The molecule has 20 heavy (non-hydrogen) atoms. The highest BCUT2D eigenvalue weighted by atomic mass is 16.1. The van der Waals surface area contributed by atoms with Crippen LogP contribution in [0.2, 0.25) is 0 Å². The maximum atomic E-state index is 11.9. The number of aromatic nitrogens is 2. The van der Waals surface area contributed by atoms with Crippen LogP contribution in [0.4, 0.5) is 0 Å². The van der Waals surface area contributed by atoms with Gasteiger partial charge in [-0.3, -0.25) is 9.48 Å². The number of nitrogens with zero attached hydrogens (tertiary/aromatic N) is 2. The topological polar surface area (TPSA) is 34.9 Å². The summed E-state index contributed by atoms with van der Waals surface area (Å²) in [5.74, 6) is 0.273. The molecule has 1 aromatic heterocycles. The minimum atomic E-state index is 0.273. The lowest BCUT2D eigenvalue weighted by Crippen LogP contribution is -2.06. The molecule has 0 saturated carbocycles. The molecule has 0 radical (unpaired) electrons. The fraction of sp³-hybridized carbons (Fsp3) is 0.412. The molecule has 2 aromatic rings. The molecule has 0 aliphatic rings. The minimum absolute atomic E-state index is 0.273. The zero-order valence-electron chi connectivity index (χ0n) is 12.2. The van der Waals surface area contributed by atoms with Gasteiger partial charge in [0, 0.05) is 18.7 Å². The number of aryl methyl sites for hydroxylation is 1. The first-order valence-electron chi connectivity index (χ1n) is 7.25. The molecule has 3 heteroatoms. The minimum Gasteiger partial charge on any atom is -0.299 e. The summed E-state index contributed by atoms with van der Waals surface area (Å²) in [4.78, 5) is 11.9. The van der Waals surface area contributed by atoms with Crippen molar-refractivity contribution in [3.63, 3.8) is 0 Å². The first kappa shape index (κ1) is 14.5. The van der Waals surface area contributed by atoms with Crippen molar-refractivity contribution in [3.8, 4) is 0 Å². The van der Waals surface area contributed by atoms with Crippen molar-refractivity contribution in [1.29, 1.82) is 0 Å². The van der Waals surface area contributed by atoms with Crippen molar-refractivity contribution < 1.29 is 4.79 Å². The molecule has 0 aliphatic heterocycles. The molecular weight excluding hydrogens is 248 g/mol. The van der Waals surface area contributed by atoms with Gasteiger partial charge < -0.3 is 0 Å². The smallest absolute Gasteiger partial charge is 0.138 e. The van der Waals surface area contributed by atoms with Gasteiger partial charge in [0.2, 0.25) is 0 Å². The van der Waals surface area contributed by atoms with Crippen LogP contribution in [-0.2, 0) is 17.6 Å². The number of hydrogen-bond acceptors (Lipinski definition) is 2. The van der Waals surface area contributed by atoms with Gasteiger partial charge in [0.05, 0.1) is 12.1 Å². The Bertz CT molecular complexity index is 543. The largest absolute Gasteiger partial charge is 0.299 e. The van der Waals surface area contributed by atoms with Gasteiger partial charge in [-0.2, -0.15) is 5.10 Å². The van der Waals surface area contributed by atoms with E-state index in [2.05, 4.69) is 31.1 Å². The van der Waals surface area contributed by atoms with E-state index in [4.69, 9.17) is 0 Å². The van der Waals surface area contributed by atoms with Crippen molar-refractivity contribution in [2.45, 2.75) is 45.6 Å². The van der Waals surface area contributed by atoms with Crippen LogP contribution < -0.4 is 0 Å². The van der Waals surface area contributed by atoms with Crippen LogP contribution in [0, 0.1) is 0 Å². The Kier molecular flexibility index (Phi) is 5.10. The van der Waals surface area contributed by atoms with E-state index in [0.29, 0.717) is 18.9 Å². The Balaban J connectivity index is 1.75. The molecule has 0 saturated heterocycles. The number of ketones is 1. The molecular formula is C17H22N2O. The van der Waals surface area contributed by atoms with Crippen LogP contribution in [0.15, 0.2) is 42.6 Å². The standard InChI is InChI=1S/C17H22N2O/c1-14(2)19-12-11-16(18-19)13-17(20)10-6-9-15-7-4-3-5-8-15/h3-5,7-8,11-12,14H,6,9-10,13H2,1-2H3. The molecule has 0 fully saturated rings. The number of hydrogen-bond donors (Lipinski definition) is 0. The monoisotopic (exact) mass is 270 g/mol. The molecule has 106 valence electrons. The van der Waals surface area contributed by atoms with E-state index in [-0.39, 0.29) is 5.78 Å². The van der Waals surface area contributed by atoms with Gasteiger partial charge in [-0.05, 0) is 38.3 Å². The summed E-state index contributed by atoms with van der Waals surface area (Å²) < 4.78 is 1.90. The first-order valence-corrected chi connectivity index (χ1v) is 7.25. The third-order valence-electron chi connectivity index (χ3n) is 3.33. The molecule has 2 rings (SSSR count). The lowest BCUT2D eigenvalue weighted by atomic mass is 10.0. The summed E-state index contributed by atoms with van der Waals surface area (Å²) in [6, 6.07) is 12.6. The van der Waals surface area contributed by atoms with E-state index in [1.54, 1.807) is 0 Å². The summed E-state index contributed by atoms with van der Waals surface area (Å²) >= 11 is 0. The van der Waals surface area contributed by atoms with Gasteiger partial charge >= 0.3 is 0 Å². The van der Waals surface area contributed by atoms with E-state index in [1.165, 1.54) is 5.56 Å². The lowest BCUT2D eigenvalue weighted by molar-refractivity contribution is -0.118. The van der Waals surface area contributed by atoms with Crippen LogP contribution in [0.5, 0.6) is 0 Å². The molecule has 0 bridgehead atoms. The van der Waals surface area contributed by atoms with Gasteiger partial charge in [-0.1, -0.05) is 30.3 Å². The highest BCUT2D eigenvalue weighted by Crippen LogP contribution is 2.08. The number of carbonyl (C=O) groups is 1. The predicted octanol–water partition coefficient (Wildman–Crippen LogP) is 3.60. The predicted molar refractivity (Wildman–Crippen MR) is 80.7 cm³/mol. The summed E-state index contributed by atoms with van der Waals surface area (Å²) in [6.45, 7) is 4.16. The van der Waals surface area contributed by atoms with Gasteiger partial charge in [0.1, 0.15) is 5.78 Å². The molecule has 0 unspecified atom stereocenters. The van der Waals surface area contributed by atoms with E-state index in [1.807, 2.05) is 35.1 Å². The fourth-order valence-electron chi connectivity index (χ4n) is 2.18. The second-order valence-electron chi connectivity index (χ2n) is 5.44. The molecule has 0 amide bonds. The third-order valence-corrected chi connectivity index (χ3v) is 3.33. The average Bonchev–Trinajstić information content (AvgIpc) is 2.88. The van der Waals surface area contributed by atoms with Crippen LogP contribution in [0.1, 0.15) is 44.0 Å².